The summed E-state index contributed by atoms with van der Waals surface area (Å²) in [6.45, 7) is 5.58. The maximum atomic E-state index is 15.2. The van der Waals surface area contributed by atoms with Crippen LogP contribution in [-0.2, 0) is 4.79 Å². The van der Waals surface area contributed by atoms with Gasteiger partial charge in [-0.25, -0.2) is 4.39 Å². The maximum Gasteiger partial charge on any atom is 0.196 e. The molecule has 0 radical (unpaired) electrons. The van der Waals surface area contributed by atoms with Crippen molar-refractivity contribution >= 4 is 12.1 Å². The first-order chi connectivity index (χ1) is 12.0. The van der Waals surface area contributed by atoms with Crippen LogP contribution in [0.2, 0.25) is 0 Å². The highest BCUT2D eigenvalue weighted by Gasteiger charge is 2.23. The predicted octanol–water partition coefficient (Wildman–Crippen LogP) is 4.38. The normalized spacial score (nSPS) is 13.3. The second kappa shape index (κ2) is 8.67. The number of aldehydes is 1. The molecule has 0 aromatic heterocycles. The molecule has 0 spiro atoms. The highest BCUT2D eigenvalue weighted by molar-refractivity contribution is 6.10. The molecule has 2 rings (SSSR count). The first-order valence-corrected chi connectivity index (χ1v) is 8.58. The van der Waals surface area contributed by atoms with Crippen LogP contribution in [0, 0.1) is 12.7 Å². The van der Waals surface area contributed by atoms with Crippen LogP contribution in [0.25, 0.3) is 0 Å². The maximum absolute atomic E-state index is 15.2. The fourth-order valence-electron chi connectivity index (χ4n) is 2.95. The molecule has 0 fully saturated rings. The van der Waals surface area contributed by atoms with Gasteiger partial charge in [0, 0.05) is 29.6 Å². The van der Waals surface area contributed by atoms with Crippen LogP contribution in [0.1, 0.15) is 59.8 Å². The van der Waals surface area contributed by atoms with Gasteiger partial charge in [-0.15, -0.1) is 0 Å². The Morgan fingerprint density at radius 3 is 2.48 bits per heavy atom. The molecular formula is C21H24FNO2. The van der Waals surface area contributed by atoms with E-state index in [0.717, 1.165) is 6.29 Å². The number of carbonyl (C=O) groups excluding carboxylic acids is 2. The van der Waals surface area contributed by atoms with Crippen LogP contribution < -0.4 is 5.32 Å². The van der Waals surface area contributed by atoms with Gasteiger partial charge in [-0.2, -0.15) is 0 Å². The Kier molecular flexibility index (Phi) is 6.59. The fraction of sp³-hybridized carbons (Fsp3) is 0.333. The van der Waals surface area contributed by atoms with Crippen molar-refractivity contribution in [2.45, 2.75) is 45.7 Å². The average Bonchev–Trinajstić information content (AvgIpc) is 2.61. The molecule has 2 aromatic carbocycles. The lowest BCUT2D eigenvalue weighted by Gasteiger charge is -2.23. The molecule has 25 heavy (non-hydrogen) atoms. The average molecular weight is 341 g/mol. The van der Waals surface area contributed by atoms with E-state index in [9.17, 15) is 9.59 Å². The van der Waals surface area contributed by atoms with E-state index >= 15 is 4.39 Å². The lowest BCUT2D eigenvalue weighted by Crippen LogP contribution is -2.31. The highest BCUT2D eigenvalue weighted by Crippen LogP contribution is 2.27. The SMILES string of the molecule is CC[C@@H](N[C@@H](C)CC=O)c1ccc(C)c(C(=O)c2ccccc2)c1F. The van der Waals surface area contributed by atoms with Crippen molar-refractivity contribution in [3.63, 3.8) is 0 Å². The Balaban J connectivity index is 2.41. The standard InChI is InChI=1S/C21H24FNO2/c1-4-18(23-15(3)12-13-24)17-11-10-14(2)19(20(17)22)21(25)16-8-6-5-7-9-16/h5-11,13,15,18,23H,4,12H2,1-3H3/t15-,18+/m0/s1. The summed E-state index contributed by atoms with van der Waals surface area (Å²) < 4.78 is 15.2. The van der Waals surface area contributed by atoms with Gasteiger partial charge in [-0.1, -0.05) is 49.4 Å². The van der Waals surface area contributed by atoms with Gasteiger partial charge >= 0.3 is 0 Å². The molecule has 0 bridgehead atoms. The molecule has 0 aliphatic rings. The largest absolute Gasteiger partial charge is 0.307 e. The van der Waals surface area contributed by atoms with Gasteiger partial charge in [0.25, 0.3) is 0 Å². The van der Waals surface area contributed by atoms with Crippen molar-refractivity contribution in [1.29, 1.82) is 0 Å². The van der Waals surface area contributed by atoms with Gasteiger partial charge in [0.05, 0.1) is 5.56 Å². The van der Waals surface area contributed by atoms with Crippen molar-refractivity contribution in [1.82, 2.24) is 5.32 Å². The Hall–Kier alpha value is -2.33. The summed E-state index contributed by atoms with van der Waals surface area (Å²) >= 11 is 0. The van der Waals surface area contributed by atoms with Crippen molar-refractivity contribution in [3.05, 3.63) is 70.5 Å². The summed E-state index contributed by atoms with van der Waals surface area (Å²) in [4.78, 5) is 23.4. The Labute approximate surface area is 148 Å². The summed E-state index contributed by atoms with van der Waals surface area (Å²) in [5, 5.41) is 3.27. The fourth-order valence-corrected chi connectivity index (χ4v) is 2.95. The zero-order valence-electron chi connectivity index (χ0n) is 14.9. The second-order valence-corrected chi connectivity index (χ2v) is 6.29. The van der Waals surface area contributed by atoms with E-state index in [1.165, 1.54) is 0 Å². The van der Waals surface area contributed by atoms with E-state index in [0.29, 0.717) is 29.5 Å². The third-order valence-corrected chi connectivity index (χ3v) is 4.36. The molecule has 0 amide bonds. The van der Waals surface area contributed by atoms with E-state index in [-0.39, 0.29) is 23.4 Å². The molecule has 0 heterocycles. The smallest absolute Gasteiger partial charge is 0.196 e. The molecule has 2 aromatic rings. The zero-order valence-corrected chi connectivity index (χ0v) is 14.9. The zero-order chi connectivity index (χ0) is 18.4. The van der Waals surface area contributed by atoms with Crippen molar-refractivity contribution in [2.75, 3.05) is 0 Å². The number of ketones is 1. The first-order valence-electron chi connectivity index (χ1n) is 8.58. The van der Waals surface area contributed by atoms with Crippen molar-refractivity contribution < 1.29 is 14.0 Å². The first kappa shape index (κ1) is 19.0. The molecule has 0 saturated carbocycles. The third kappa shape index (κ3) is 4.40. The minimum Gasteiger partial charge on any atom is -0.307 e. The van der Waals surface area contributed by atoms with Gasteiger partial charge in [-0.3, -0.25) is 4.79 Å². The Morgan fingerprint density at radius 1 is 1.20 bits per heavy atom. The number of hydrogen-bond acceptors (Lipinski definition) is 3. The second-order valence-electron chi connectivity index (χ2n) is 6.29. The van der Waals surface area contributed by atoms with Crippen LogP contribution >= 0.6 is 0 Å². The number of aryl methyl sites for hydroxylation is 1. The number of benzene rings is 2. The molecule has 0 aliphatic carbocycles. The van der Waals surface area contributed by atoms with Crippen molar-refractivity contribution in [2.24, 2.45) is 0 Å². The minimum atomic E-state index is -0.480. The summed E-state index contributed by atoms with van der Waals surface area (Å²) in [6, 6.07) is 11.9. The molecule has 0 aliphatic heterocycles. The molecular weight excluding hydrogens is 317 g/mol. The van der Waals surface area contributed by atoms with E-state index in [4.69, 9.17) is 0 Å². The quantitative estimate of drug-likeness (QED) is 0.572. The molecule has 0 saturated heterocycles. The van der Waals surface area contributed by atoms with E-state index in [1.807, 2.05) is 19.9 Å². The molecule has 132 valence electrons. The predicted molar refractivity (Wildman–Crippen MR) is 97.3 cm³/mol. The number of hydrogen-bond donors (Lipinski definition) is 1. The molecule has 2 atom stereocenters. The van der Waals surface area contributed by atoms with Gasteiger partial charge in [0.1, 0.15) is 12.1 Å². The van der Waals surface area contributed by atoms with Gasteiger partial charge in [-0.05, 0) is 25.8 Å². The van der Waals surface area contributed by atoms with Crippen LogP contribution in [0.4, 0.5) is 4.39 Å². The minimum absolute atomic E-state index is 0.0589. The summed E-state index contributed by atoms with van der Waals surface area (Å²) in [6.07, 6.45) is 1.86. The lowest BCUT2D eigenvalue weighted by molar-refractivity contribution is -0.108. The van der Waals surface area contributed by atoms with Crippen LogP contribution in [-0.4, -0.2) is 18.1 Å². The Bertz CT molecular complexity index is 743. The molecule has 4 heteroatoms. The van der Waals surface area contributed by atoms with Gasteiger partial charge < -0.3 is 10.1 Å². The van der Waals surface area contributed by atoms with Gasteiger partial charge in [0.15, 0.2) is 5.78 Å². The van der Waals surface area contributed by atoms with Crippen LogP contribution in [0.3, 0.4) is 0 Å². The summed E-state index contributed by atoms with van der Waals surface area (Å²) in [5.74, 6) is -0.792. The monoisotopic (exact) mass is 341 g/mol. The molecule has 3 nitrogen and oxygen atoms in total. The summed E-state index contributed by atoms with van der Waals surface area (Å²) in [7, 11) is 0. The summed E-state index contributed by atoms with van der Waals surface area (Å²) in [5.41, 5.74) is 1.67. The number of rotatable bonds is 8. The van der Waals surface area contributed by atoms with E-state index < -0.39 is 5.82 Å². The van der Waals surface area contributed by atoms with E-state index in [1.54, 1.807) is 43.3 Å². The van der Waals surface area contributed by atoms with E-state index in [2.05, 4.69) is 5.32 Å². The van der Waals surface area contributed by atoms with Crippen LogP contribution in [0.15, 0.2) is 42.5 Å². The number of carbonyl (C=O) groups is 2. The van der Waals surface area contributed by atoms with Crippen LogP contribution in [0.5, 0.6) is 0 Å². The third-order valence-electron chi connectivity index (χ3n) is 4.36. The highest BCUT2D eigenvalue weighted by atomic mass is 19.1. The van der Waals surface area contributed by atoms with Crippen molar-refractivity contribution in [3.8, 4) is 0 Å². The number of halogens is 1. The lowest BCUT2D eigenvalue weighted by atomic mass is 9.92. The topological polar surface area (TPSA) is 46.2 Å². The van der Waals surface area contributed by atoms with Gasteiger partial charge in [0.2, 0.25) is 0 Å². The number of nitrogens with one attached hydrogen (secondary N) is 1. The Morgan fingerprint density at radius 2 is 1.88 bits per heavy atom. The molecule has 0 unspecified atom stereocenters. The molecule has 1 N–H and O–H groups in total.